The Bertz CT molecular complexity index is 1040. The maximum atomic E-state index is 13.0. The van der Waals surface area contributed by atoms with E-state index in [0.29, 0.717) is 31.1 Å². The van der Waals surface area contributed by atoms with Gasteiger partial charge in [0.15, 0.2) is 0 Å². The van der Waals surface area contributed by atoms with Gasteiger partial charge in [0.2, 0.25) is 10.0 Å². The zero-order valence-corrected chi connectivity index (χ0v) is 15.6. The first-order chi connectivity index (χ1) is 12.5. The number of sulfonamides is 1. The second-order valence-electron chi connectivity index (χ2n) is 6.74. The molecule has 5 heteroatoms. The number of hydrogen-bond donors (Lipinski definition) is 0. The van der Waals surface area contributed by atoms with Crippen LogP contribution in [0.3, 0.4) is 0 Å². The average Bonchev–Trinajstić information content (AvgIpc) is 2.67. The van der Waals surface area contributed by atoms with Gasteiger partial charge in [0, 0.05) is 31.9 Å². The molecule has 0 radical (unpaired) electrons. The molecule has 3 aromatic carbocycles. The first-order valence-corrected chi connectivity index (χ1v) is 10.3. The molecule has 0 aromatic heterocycles. The fourth-order valence-corrected chi connectivity index (χ4v) is 4.95. The fourth-order valence-electron chi connectivity index (χ4n) is 3.49. The zero-order valence-electron chi connectivity index (χ0n) is 14.8. The van der Waals surface area contributed by atoms with Crippen LogP contribution in [0.1, 0.15) is 5.56 Å². The zero-order chi connectivity index (χ0) is 18.1. The summed E-state index contributed by atoms with van der Waals surface area (Å²) < 4.78 is 27.7. The highest BCUT2D eigenvalue weighted by Gasteiger charge is 2.28. The lowest BCUT2D eigenvalue weighted by atomic mass is 10.1. The predicted molar refractivity (Wildman–Crippen MR) is 106 cm³/mol. The van der Waals surface area contributed by atoms with E-state index < -0.39 is 10.0 Å². The Kier molecular flexibility index (Phi) is 4.42. The number of anilines is 1. The third kappa shape index (κ3) is 3.20. The Labute approximate surface area is 154 Å². The van der Waals surface area contributed by atoms with Gasteiger partial charge in [-0.25, -0.2) is 8.42 Å². The Morgan fingerprint density at radius 1 is 0.769 bits per heavy atom. The van der Waals surface area contributed by atoms with Crippen LogP contribution in [0.5, 0.6) is 0 Å². The van der Waals surface area contributed by atoms with Crippen LogP contribution < -0.4 is 4.90 Å². The monoisotopic (exact) mass is 366 g/mol. The topological polar surface area (TPSA) is 40.6 Å². The van der Waals surface area contributed by atoms with Crippen molar-refractivity contribution in [3.05, 3.63) is 72.3 Å². The Morgan fingerprint density at radius 2 is 1.50 bits per heavy atom. The molecule has 0 spiro atoms. The molecule has 1 aliphatic rings. The summed E-state index contributed by atoms with van der Waals surface area (Å²) in [4.78, 5) is 2.62. The Hall–Kier alpha value is -2.37. The molecular formula is C21H22N2O2S. The third-order valence-electron chi connectivity index (χ3n) is 4.96. The molecule has 0 unspecified atom stereocenters. The Morgan fingerprint density at radius 3 is 2.23 bits per heavy atom. The fraction of sp³-hybridized carbons (Fsp3) is 0.238. The molecule has 134 valence electrons. The van der Waals surface area contributed by atoms with Crippen molar-refractivity contribution >= 4 is 26.5 Å². The van der Waals surface area contributed by atoms with Gasteiger partial charge in [0.05, 0.1) is 4.90 Å². The second-order valence-corrected chi connectivity index (χ2v) is 8.68. The molecule has 1 heterocycles. The maximum absolute atomic E-state index is 13.0. The van der Waals surface area contributed by atoms with Crippen molar-refractivity contribution in [2.75, 3.05) is 31.1 Å². The summed E-state index contributed by atoms with van der Waals surface area (Å²) in [7, 11) is -3.46. The largest absolute Gasteiger partial charge is 0.369 e. The number of hydrogen-bond acceptors (Lipinski definition) is 3. The van der Waals surface area contributed by atoms with Gasteiger partial charge in [-0.05, 0) is 47.5 Å². The van der Waals surface area contributed by atoms with Crippen LogP contribution in [0, 0.1) is 6.92 Å². The van der Waals surface area contributed by atoms with E-state index in [9.17, 15) is 8.42 Å². The van der Waals surface area contributed by atoms with Gasteiger partial charge >= 0.3 is 0 Å². The highest BCUT2D eigenvalue weighted by molar-refractivity contribution is 7.89. The number of benzene rings is 3. The minimum atomic E-state index is -3.46. The summed E-state index contributed by atoms with van der Waals surface area (Å²) in [5, 5.41) is 2.00. The van der Waals surface area contributed by atoms with Crippen molar-refractivity contribution in [2.45, 2.75) is 11.8 Å². The van der Waals surface area contributed by atoms with E-state index in [1.54, 1.807) is 16.4 Å². The molecule has 1 aliphatic heterocycles. The van der Waals surface area contributed by atoms with E-state index in [1.165, 1.54) is 5.56 Å². The summed E-state index contributed by atoms with van der Waals surface area (Å²) in [6.45, 7) is 4.49. The van der Waals surface area contributed by atoms with E-state index in [4.69, 9.17) is 0 Å². The first-order valence-electron chi connectivity index (χ1n) is 8.85. The molecular weight excluding hydrogens is 344 g/mol. The van der Waals surface area contributed by atoms with Crippen LogP contribution >= 0.6 is 0 Å². The minimum Gasteiger partial charge on any atom is -0.369 e. The molecule has 4 rings (SSSR count). The van der Waals surface area contributed by atoms with Crippen molar-refractivity contribution in [1.82, 2.24) is 4.31 Å². The second kappa shape index (κ2) is 6.74. The number of nitrogens with zero attached hydrogens (tertiary/aromatic N) is 2. The molecule has 3 aromatic rings. The third-order valence-corrected chi connectivity index (χ3v) is 6.86. The predicted octanol–water partition coefficient (Wildman–Crippen LogP) is 3.66. The van der Waals surface area contributed by atoms with E-state index in [-0.39, 0.29) is 0 Å². The summed E-state index contributed by atoms with van der Waals surface area (Å²) in [6, 6.07) is 21.5. The summed E-state index contributed by atoms with van der Waals surface area (Å²) in [5.74, 6) is 0. The minimum absolute atomic E-state index is 0.375. The van der Waals surface area contributed by atoms with Crippen LogP contribution in [0.25, 0.3) is 10.8 Å². The standard InChI is InChI=1S/C21H22N2O2S/c1-17-5-4-8-20(15-17)22-11-13-23(14-12-22)26(24,25)21-10-9-18-6-2-3-7-19(18)16-21/h2-10,15-16H,11-14H2,1H3. The first kappa shape index (κ1) is 17.1. The van der Waals surface area contributed by atoms with Gasteiger partial charge in [0.25, 0.3) is 0 Å². The highest BCUT2D eigenvalue weighted by atomic mass is 32.2. The highest BCUT2D eigenvalue weighted by Crippen LogP contribution is 2.24. The average molecular weight is 366 g/mol. The van der Waals surface area contributed by atoms with Crippen molar-refractivity contribution in [3.8, 4) is 0 Å². The molecule has 0 bridgehead atoms. The van der Waals surface area contributed by atoms with Gasteiger partial charge < -0.3 is 4.90 Å². The lowest BCUT2D eigenvalue weighted by Gasteiger charge is -2.35. The van der Waals surface area contributed by atoms with E-state index in [2.05, 4.69) is 30.0 Å². The number of aryl methyl sites for hydroxylation is 1. The van der Waals surface area contributed by atoms with Gasteiger partial charge in [-0.3, -0.25) is 0 Å². The van der Waals surface area contributed by atoms with E-state index in [0.717, 1.165) is 16.5 Å². The molecule has 0 amide bonds. The van der Waals surface area contributed by atoms with Crippen LogP contribution in [-0.4, -0.2) is 38.9 Å². The molecule has 1 saturated heterocycles. The van der Waals surface area contributed by atoms with Crippen molar-refractivity contribution < 1.29 is 8.42 Å². The molecule has 0 N–H and O–H groups in total. The van der Waals surface area contributed by atoms with E-state index in [1.807, 2.05) is 36.4 Å². The summed E-state index contributed by atoms with van der Waals surface area (Å²) in [5.41, 5.74) is 2.38. The SMILES string of the molecule is Cc1cccc(N2CCN(S(=O)(=O)c3ccc4ccccc4c3)CC2)c1. The van der Waals surface area contributed by atoms with Crippen molar-refractivity contribution in [2.24, 2.45) is 0 Å². The number of rotatable bonds is 3. The molecule has 0 aliphatic carbocycles. The van der Waals surface area contributed by atoms with Gasteiger partial charge in [0.1, 0.15) is 0 Å². The normalized spacial score (nSPS) is 16.1. The van der Waals surface area contributed by atoms with Crippen molar-refractivity contribution in [1.29, 1.82) is 0 Å². The van der Waals surface area contributed by atoms with E-state index >= 15 is 0 Å². The number of piperazine rings is 1. The van der Waals surface area contributed by atoms with Crippen LogP contribution in [-0.2, 0) is 10.0 Å². The van der Waals surface area contributed by atoms with Crippen molar-refractivity contribution in [3.63, 3.8) is 0 Å². The lowest BCUT2D eigenvalue weighted by molar-refractivity contribution is 0.385. The molecule has 0 atom stereocenters. The van der Waals surface area contributed by atoms with Crippen LogP contribution in [0.15, 0.2) is 71.6 Å². The lowest BCUT2D eigenvalue weighted by Crippen LogP contribution is -2.48. The van der Waals surface area contributed by atoms with Gasteiger partial charge in [-0.15, -0.1) is 0 Å². The number of fused-ring (bicyclic) bond motifs is 1. The molecule has 26 heavy (non-hydrogen) atoms. The summed E-state index contributed by atoms with van der Waals surface area (Å²) in [6.07, 6.45) is 0. The van der Waals surface area contributed by atoms with Gasteiger partial charge in [-0.2, -0.15) is 4.31 Å². The Balaban J connectivity index is 1.54. The molecule has 4 nitrogen and oxygen atoms in total. The molecule has 1 fully saturated rings. The maximum Gasteiger partial charge on any atom is 0.243 e. The van der Waals surface area contributed by atoms with Crippen LogP contribution in [0.2, 0.25) is 0 Å². The molecule has 0 saturated carbocycles. The quantitative estimate of drug-likeness (QED) is 0.710. The van der Waals surface area contributed by atoms with Gasteiger partial charge in [-0.1, -0.05) is 42.5 Å². The van der Waals surface area contributed by atoms with Crippen LogP contribution in [0.4, 0.5) is 5.69 Å². The summed E-state index contributed by atoms with van der Waals surface area (Å²) >= 11 is 0. The smallest absolute Gasteiger partial charge is 0.243 e.